The number of aromatic nitrogens is 2. The Kier molecular flexibility index (Phi) is 9.44. The van der Waals surface area contributed by atoms with E-state index in [-0.39, 0.29) is 0 Å². The Morgan fingerprint density at radius 2 is 1.72 bits per heavy atom. The number of halogens is 1. The lowest BCUT2D eigenvalue weighted by Crippen LogP contribution is -2.19. The minimum atomic E-state index is -1.07. The smallest absolute Gasteiger partial charge is 0.225 e. The number of para-hydroxylation sites is 1. The van der Waals surface area contributed by atoms with Gasteiger partial charge in [-0.2, -0.15) is 4.98 Å². The van der Waals surface area contributed by atoms with Gasteiger partial charge in [0.15, 0.2) is 0 Å². The SMILES string of the molecule is CN(C)c1nc(NCC2CCCCC2)nc2ccccc12.CNS(=O)c1ccc(Br)cc1. The molecule has 0 saturated heterocycles. The van der Waals surface area contributed by atoms with Crippen LogP contribution >= 0.6 is 15.9 Å². The molecule has 0 radical (unpaired) electrons. The first kappa shape index (κ1) is 24.6. The van der Waals surface area contributed by atoms with E-state index in [1.54, 1.807) is 7.05 Å². The summed E-state index contributed by atoms with van der Waals surface area (Å²) in [6, 6.07) is 15.6. The van der Waals surface area contributed by atoms with Crippen LogP contribution in [0, 0.1) is 5.92 Å². The fourth-order valence-corrected chi connectivity index (χ4v) is 4.67. The summed E-state index contributed by atoms with van der Waals surface area (Å²) in [6.45, 7) is 0.991. The van der Waals surface area contributed by atoms with Crippen molar-refractivity contribution in [3.05, 3.63) is 53.0 Å². The maximum Gasteiger partial charge on any atom is 0.225 e. The van der Waals surface area contributed by atoms with Crippen molar-refractivity contribution in [1.29, 1.82) is 0 Å². The zero-order valence-electron chi connectivity index (χ0n) is 19.0. The van der Waals surface area contributed by atoms with Gasteiger partial charge in [-0.15, -0.1) is 0 Å². The van der Waals surface area contributed by atoms with Crippen LogP contribution in [0.3, 0.4) is 0 Å². The van der Waals surface area contributed by atoms with E-state index < -0.39 is 11.0 Å². The van der Waals surface area contributed by atoms with Gasteiger partial charge < -0.3 is 10.2 Å². The molecule has 0 bridgehead atoms. The summed E-state index contributed by atoms with van der Waals surface area (Å²) in [7, 11) is 4.65. The lowest BCUT2D eigenvalue weighted by molar-refractivity contribution is 0.373. The number of fused-ring (bicyclic) bond motifs is 1. The molecule has 172 valence electrons. The van der Waals surface area contributed by atoms with E-state index in [0.29, 0.717) is 0 Å². The van der Waals surface area contributed by atoms with Crippen molar-refractivity contribution >= 4 is 49.6 Å². The predicted octanol–water partition coefficient (Wildman–Crippen LogP) is 5.38. The summed E-state index contributed by atoms with van der Waals surface area (Å²) >= 11 is 3.30. The molecule has 6 nitrogen and oxygen atoms in total. The molecule has 0 aliphatic heterocycles. The first-order valence-corrected chi connectivity index (χ1v) is 12.9. The van der Waals surface area contributed by atoms with Gasteiger partial charge in [0.25, 0.3) is 0 Å². The van der Waals surface area contributed by atoms with Crippen molar-refractivity contribution in [2.24, 2.45) is 5.92 Å². The Morgan fingerprint density at radius 3 is 2.38 bits per heavy atom. The van der Waals surface area contributed by atoms with Crippen LogP contribution in [0.15, 0.2) is 57.9 Å². The van der Waals surface area contributed by atoms with Gasteiger partial charge in [0.05, 0.1) is 10.4 Å². The Bertz CT molecular complexity index is 1020. The van der Waals surface area contributed by atoms with Crippen molar-refractivity contribution in [2.45, 2.75) is 37.0 Å². The van der Waals surface area contributed by atoms with Gasteiger partial charge in [0.1, 0.15) is 16.8 Å². The number of hydrogen-bond acceptors (Lipinski definition) is 5. The number of nitrogens with zero attached hydrogens (tertiary/aromatic N) is 3. The topological polar surface area (TPSA) is 70.2 Å². The van der Waals surface area contributed by atoms with E-state index in [0.717, 1.165) is 44.5 Å². The molecule has 1 unspecified atom stereocenters. The van der Waals surface area contributed by atoms with Crippen LogP contribution in [0.4, 0.5) is 11.8 Å². The van der Waals surface area contributed by atoms with Gasteiger partial charge in [-0.1, -0.05) is 47.3 Å². The normalized spacial score (nSPS) is 15.0. The molecule has 1 aliphatic carbocycles. The monoisotopic (exact) mass is 517 g/mol. The maximum absolute atomic E-state index is 11.1. The zero-order chi connectivity index (χ0) is 22.9. The average molecular weight is 519 g/mol. The van der Waals surface area contributed by atoms with E-state index in [4.69, 9.17) is 0 Å². The fraction of sp³-hybridized carbons (Fsp3) is 0.417. The summed E-state index contributed by atoms with van der Waals surface area (Å²) in [5.41, 5.74) is 1.00. The van der Waals surface area contributed by atoms with E-state index in [1.165, 1.54) is 32.1 Å². The lowest BCUT2D eigenvalue weighted by atomic mass is 9.89. The molecule has 0 amide bonds. The van der Waals surface area contributed by atoms with Gasteiger partial charge in [-0.05, 0) is 62.2 Å². The second-order valence-electron chi connectivity index (χ2n) is 8.09. The molecular formula is C24H32BrN5OS. The number of benzene rings is 2. The van der Waals surface area contributed by atoms with Crippen LogP contribution in [0.5, 0.6) is 0 Å². The molecule has 1 heterocycles. The molecule has 1 atom stereocenters. The van der Waals surface area contributed by atoms with Crippen LogP contribution < -0.4 is 14.9 Å². The van der Waals surface area contributed by atoms with E-state index in [2.05, 4.69) is 53.0 Å². The predicted molar refractivity (Wildman–Crippen MR) is 139 cm³/mol. The quantitative estimate of drug-likeness (QED) is 0.459. The highest BCUT2D eigenvalue weighted by Crippen LogP contribution is 2.26. The van der Waals surface area contributed by atoms with Gasteiger partial charge in [-0.25, -0.2) is 13.9 Å². The second-order valence-corrected chi connectivity index (χ2v) is 10.4. The molecule has 2 aromatic carbocycles. The van der Waals surface area contributed by atoms with Crippen LogP contribution in [-0.2, 0) is 11.0 Å². The summed E-state index contributed by atoms with van der Waals surface area (Å²) < 4.78 is 14.8. The highest BCUT2D eigenvalue weighted by molar-refractivity contribution is 9.10. The standard InChI is InChI=1S/C17H24N4.C7H8BrNOS/c1-21(2)16-14-10-6-7-11-15(14)19-17(20-16)18-12-13-8-4-3-5-9-13;1-9-11(10)7-4-2-6(8)3-5-7/h6-7,10-11,13H,3-5,8-9,12H2,1-2H3,(H,18,19,20);2-5,9H,1H3. The lowest BCUT2D eigenvalue weighted by Gasteiger charge is -2.22. The molecule has 4 rings (SSSR count). The molecule has 1 fully saturated rings. The van der Waals surface area contributed by atoms with Gasteiger partial charge in [0, 0.05) is 30.5 Å². The van der Waals surface area contributed by atoms with Gasteiger partial charge in [0.2, 0.25) is 5.95 Å². The van der Waals surface area contributed by atoms with Crippen molar-refractivity contribution in [2.75, 3.05) is 37.9 Å². The third kappa shape index (κ3) is 6.98. The molecule has 8 heteroatoms. The first-order chi connectivity index (χ1) is 15.5. The highest BCUT2D eigenvalue weighted by Gasteiger charge is 2.14. The Balaban J connectivity index is 0.000000222. The minimum absolute atomic E-state index is 0.753. The van der Waals surface area contributed by atoms with Crippen LogP contribution in [0.1, 0.15) is 32.1 Å². The Hall–Kier alpha value is -2.03. The van der Waals surface area contributed by atoms with Crippen LogP contribution in [-0.4, -0.2) is 41.9 Å². The maximum atomic E-state index is 11.1. The second kappa shape index (κ2) is 12.3. The average Bonchev–Trinajstić information content (AvgIpc) is 2.83. The summed E-state index contributed by atoms with van der Waals surface area (Å²) in [5.74, 6) is 2.51. The molecule has 0 spiro atoms. The van der Waals surface area contributed by atoms with Crippen molar-refractivity contribution in [3.8, 4) is 0 Å². The number of hydrogen-bond donors (Lipinski definition) is 2. The molecule has 1 aliphatic rings. The number of nitrogens with one attached hydrogen (secondary N) is 2. The third-order valence-corrected chi connectivity index (χ3v) is 7.09. The van der Waals surface area contributed by atoms with E-state index >= 15 is 0 Å². The van der Waals surface area contributed by atoms with Crippen molar-refractivity contribution in [1.82, 2.24) is 14.7 Å². The third-order valence-electron chi connectivity index (χ3n) is 5.49. The summed E-state index contributed by atoms with van der Waals surface area (Å²) in [5, 5.41) is 4.56. The molecule has 32 heavy (non-hydrogen) atoms. The van der Waals surface area contributed by atoms with E-state index in [9.17, 15) is 4.21 Å². The largest absolute Gasteiger partial charge is 0.362 e. The number of anilines is 2. The highest BCUT2D eigenvalue weighted by atomic mass is 79.9. The van der Waals surface area contributed by atoms with Crippen LogP contribution in [0.25, 0.3) is 10.9 Å². The van der Waals surface area contributed by atoms with Gasteiger partial charge in [-0.3, -0.25) is 0 Å². The summed E-state index contributed by atoms with van der Waals surface area (Å²) in [4.78, 5) is 12.2. The molecule has 2 N–H and O–H groups in total. The zero-order valence-corrected chi connectivity index (χ0v) is 21.4. The fourth-order valence-electron chi connectivity index (χ4n) is 3.78. The Labute approximate surface area is 201 Å². The minimum Gasteiger partial charge on any atom is -0.362 e. The molecule has 3 aromatic rings. The van der Waals surface area contributed by atoms with E-state index in [1.807, 2.05) is 50.5 Å². The van der Waals surface area contributed by atoms with Crippen molar-refractivity contribution < 1.29 is 4.21 Å². The summed E-state index contributed by atoms with van der Waals surface area (Å²) in [6.07, 6.45) is 6.80. The molecule has 1 aromatic heterocycles. The van der Waals surface area contributed by atoms with Crippen LogP contribution in [0.2, 0.25) is 0 Å². The Morgan fingerprint density at radius 1 is 1.03 bits per heavy atom. The number of rotatable bonds is 6. The van der Waals surface area contributed by atoms with Crippen molar-refractivity contribution in [3.63, 3.8) is 0 Å². The van der Waals surface area contributed by atoms with Gasteiger partial charge >= 0.3 is 0 Å². The molecular weight excluding hydrogens is 486 g/mol. The molecule has 1 saturated carbocycles. The first-order valence-electron chi connectivity index (χ1n) is 11.0.